The molecular weight excluding hydrogens is 326 g/mol. The van der Waals surface area contributed by atoms with E-state index in [9.17, 15) is 22.7 Å². The van der Waals surface area contributed by atoms with Gasteiger partial charge in [0.2, 0.25) is 0 Å². The summed E-state index contributed by atoms with van der Waals surface area (Å²) in [6.07, 6.45) is -4.75. The Kier molecular flexibility index (Phi) is 5.80. The molecule has 0 saturated carbocycles. The van der Waals surface area contributed by atoms with Crippen LogP contribution in [-0.4, -0.2) is 18.8 Å². The van der Waals surface area contributed by atoms with Crippen molar-refractivity contribution in [2.24, 2.45) is 0 Å². The molecule has 0 aliphatic carbocycles. The summed E-state index contributed by atoms with van der Waals surface area (Å²) in [4.78, 5) is 0. The van der Waals surface area contributed by atoms with Gasteiger partial charge in [0.15, 0.2) is 0 Å². The molecule has 1 atom stereocenters. The fourth-order valence-electron chi connectivity index (χ4n) is 2.29. The topological polar surface area (TPSA) is 41.5 Å². The molecule has 0 fully saturated rings. The van der Waals surface area contributed by atoms with Gasteiger partial charge >= 0.3 is 6.18 Å². The zero-order valence-electron chi connectivity index (χ0n) is 12.9. The van der Waals surface area contributed by atoms with Gasteiger partial charge in [0.25, 0.3) is 0 Å². The van der Waals surface area contributed by atoms with E-state index in [0.29, 0.717) is 5.75 Å². The van der Waals surface area contributed by atoms with Crippen molar-refractivity contribution < 1.29 is 27.4 Å². The van der Waals surface area contributed by atoms with E-state index in [1.165, 1.54) is 13.2 Å². The van der Waals surface area contributed by atoms with Crippen LogP contribution in [0.15, 0.2) is 42.5 Å². The van der Waals surface area contributed by atoms with Gasteiger partial charge in [-0.1, -0.05) is 18.2 Å². The second kappa shape index (κ2) is 7.63. The minimum absolute atomic E-state index is 0.0474. The van der Waals surface area contributed by atoms with Crippen LogP contribution in [0, 0.1) is 5.82 Å². The number of rotatable bonds is 6. The van der Waals surface area contributed by atoms with Crippen molar-refractivity contribution in [3.8, 4) is 5.75 Å². The standard InChI is InChI=1S/C17H17F4NO2/c1-24-13-4-2-3-12(8-13)16(10-23)22-9-11-5-6-15(18)14(7-11)17(19,20)21/h2-8,16,22-23H,9-10H2,1H3/t16-/m0/s1. The third kappa shape index (κ3) is 4.46. The lowest BCUT2D eigenvalue weighted by molar-refractivity contribution is -0.140. The highest BCUT2D eigenvalue weighted by atomic mass is 19.4. The van der Waals surface area contributed by atoms with Gasteiger partial charge < -0.3 is 15.2 Å². The van der Waals surface area contributed by atoms with Crippen molar-refractivity contribution in [3.05, 3.63) is 65.0 Å². The van der Waals surface area contributed by atoms with Gasteiger partial charge in [-0.15, -0.1) is 0 Å². The second-order valence-corrected chi connectivity index (χ2v) is 5.20. The van der Waals surface area contributed by atoms with E-state index >= 15 is 0 Å². The Bertz CT molecular complexity index is 689. The third-order valence-electron chi connectivity index (χ3n) is 3.57. The molecule has 24 heavy (non-hydrogen) atoms. The van der Waals surface area contributed by atoms with E-state index in [-0.39, 0.29) is 18.7 Å². The molecule has 0 unspecified atom stereocenters. The van der Waals surface area contributed by atoms with Gasteiger partial charge in [-0.3, -0.25) is 0 Å². The average Bonchev–Trinajstić information content (AvgIpc) is 2.56. The van der Waals surface area contributed by atoms with E-state index < -0.39 is 23.6 Å². The summed E-state index contributed by atoms with van der Waals surface area (Å²) >= 11 is 0. The van der Waals surface area contributed by atoms with Gasteiger partial charge in [-0.25, -0.2) is 4.39 Å². The summed E-state index contributed by atoms with van der Waals surface area (Å²) in [5.74, 6) is -0.702. The number of alkyl halides is 3. The molecule has 0 radical (unpaired) electrons. The first-order chi connectivity index (χ1) is 11.3. The summed E-state index contributed by atoms with van der Waals surface area (Å²) in [6, 6.07) is 9.33. The average molecular weight is 343 g/mol. The second-order valence-electron chi connectivity index (χ2n) is 5.20. The van der Waals surface area contributed by atoms with E-state index in [1.807, 2.05) is 0 Å². The smallest absolute Gasteiger partial charge is 0.419 e. The maximum absolute atomic E-state index is 13.3. The monoisotopic (exact) mass is 343 g/mol. The van der Waals surface area contributed by atoms with Gasteiger partial charge in [-0.05, 0) is 35.4 Å². The predicted molar refractivity (Wildman–Crippen MR) is 81.1 cm³/mol. The Morgan fingerprint density at radius 1 is 1.17 bits per heavy atom. The molecule has 0 heterocycles. The van der Waals surface area contributed by atoms with Crippen molar-refractivity contribution in [3.63, 3.8) is 0 Å². The molecule has 0 aromatic heterocycles. The molecule has 2 N–H and O–H groups in total. The van der Waals surface area contributed by atoms with Gasteiger partial charge in [0.1, 0.15) is 11.6 Å². The molecule has 2 rings (SSSR count). The first-order valence-corrected chi connectivity index (χ1v) is 7.19. The Labute approximate surface area is 136 Å². The molecule has 130 valence electrons. The number of benzene rings is 2. The summed E-state index contributed by atoms with van der Waals surface area (Å²) in [7, 11) is 1.51. The fourth-order valence-corrected chi connectivity index (χ4v) is 2.29. The van der Waals surface area contributed by atoms with Crippen LogP contribution < -0.4 is 10.1 Å². The zero-order chi connectivity index (χ0) is 17.7. The highest BCUT2D eigenvalue weighted by Gasteiger charge is 2.34. The zero-order valence-corrected chi connectivity index (χ0v) is 12.9. The van der Waals surface area contributed by atoms with Crippen molar-refractivity contribution >= 4 is 0 Å². The highest BCUT2D eigenvalue weighted by molar-refractivity contribution is 5.31. The van der Waals surface area contributed by atoms with Crippen LogP contribution >= 0.6 is 0 Å². The normalized spacial score (nSPS) is 12.9. The lowest BCUT2D eigenvalue weighted by Gasteiger charge is -2.18. The van der Waals surface area contributed by atoms with Crippen molar-refractivity contribution in [1.82, 2.24) is 5.32 Å². The van der Waals surface area contributed by atoms with Gasteiger partial charge in [0.05, 0.1) is 25.3 Å². The quantitative estimate of drug-likeness (QED) is 0.787. The summed E-state index contributed by atoms with van der Waals surface area (Å²) in [6.45, 7) is -0.202. The molecule has 0 spiro atoms. The van der Waals surface area contributed by atoms with Crippen molar-refractivity contribution in [2.75, 3.05) is 13.7 Å². The van der Waals surface area contributed by atoms with Crippen LogP contribution in [-0.2, 0) is 12.7 Å². The van der Waals surface area contributed by atoms with E-state index in [1.54, 1.807) is 24.3 Å². The molecule has 0 amide bonds. The van der Waals surface area contributed by atoms with Crippen LogP contribution in [0.4, 0.5) is 17.6 Å². The highest BCUT2D eigenvalue weighted by Crippen LogP contribution is 2.32. The molecule has 2 aromatic rings. The van der Waals surface area contributed by atoms with Crippen molar-refractivity contribution in [2.45, 2.75) is 18.8 Å². The van der Waals surface area contributed by atoms with Crippen LogP contribution in [0.2, 0.25) is 0 Å². The summed E-state index contributed by atoms with van der Waals surface area (Å²) < 4.78 is 56.6. The number of ether oxygens (including phenoxy) is 1. The van der Waals surface area contributed by atoms with Crippen molar-refractivity contribution in [1.29, 1.82) is 0 Å². The van der Waals surface area contributed by atoms with Crippen LogP contribution in [0.1, 0.15) is 22.7 Å². The van der Waals surface area contributed by atoms with Gasteiger partial charge in [0, 0.05) is 6.54 Å². The number of hydrogen-bond acceptors (Lipinski definition) is 3. The molecule has 3 nitrogen and oxygen atoms in total. The van der Waals surface area contributed by atoms with E-state index in [2.05, 4.69) is 5.32 Å². The number of hydrogen-bond donors (Lipinski definition) is 2. The van der Waals surface area contributed by atoms with Gasteiger partial charge in [-0.2, -0.15) is 13.2 Å². The van der Waals surface area contributed by atoms with Crippen LogP contribution in [0.25, 0.3) is 0 Å². The first kappa shape index (κ1) is 18.2. The minimum Gasteiger partial charge on any atom is -0.497 e. The molecule has 0 bridgehead atoms. The SMILES string of the molecule is COc1cccc([C@H](CO)NCc2ccc(F)c(C(F)(F)F)c2)c1. The molecule has 2 aromatic carbocycles. The number of nitrogens with one attached hydrogen (secondary N) is 1. The molecule has 0 saturated heterocycles. The lowest BCUT2D eigenvalue weighted by atomic mass is 10.1. The first-order valence-electron chi connectivity index (χ1n) is 7.19. The number of aliphatic hydroxyl groups excluding tert-OH is 1. The fraction of sp³-hybridized carbons (Fsp3) is 0.294. The summed E-state index contributed by atoms with van der Waals surface area (Å²) in [5, 5.41) is 12.5. The Morgan fingerprint density at radius 3 is 2.54 bits per heavy atom. The predicted octanol–water partition coefficient (Wildman–Crippen LogP) is 3.68. The van der Waals surface area contributed by atoms with Crippen LogP contribution in [0.5, 0.6) is 5.75 Å². The Balaban J connectivity index is 2.13. The maximum atomic E-state index is 13.3. The Hall–Kier alpha value is -2.12. The van der Waals surface area contributed by atoms with Crippen LogP contribution in [0.3, 0.4) is 0 Å². The molecular formula is C17H17F4NO2. The third-order valence-corrected chi connectivity index (χ3v) is 3.57. The van der Waals surface area contributed by atoms with E-state index in [0.717, 1.165) is 17.7 Å². The summed E-state index contributed by atoms with van der Waals surface area (Å²) in [5.41, 5.74) is -0.302. The molecule has 7 heteroatoms. The number of halogens is 4. The molecule has 0 aliphatic heterocycles. The maximum Gasteiger partial charge on any atom is 0.419 e. The number of methoxy groups -OCH3 is 1. The number of aliphatic hydroxyl groups is 1. The largest absolute Gasteiger partial charge is 0.497 e. The van der Waals surface area contributed by atoms with E-state index in [4.69, 9.17) is 4.74 Å². The lowest BCUT2D eigenvalue weighted by Crippen LogP contribution is -2.24. The minimum atomic E-state index is -4.75. The molecule has 0 aliphatic rings. The Morgan fingerprint density at radius 2 is 1.92 bits per heavy atom.